The third kappa shape index (κ3) is 6.59. The first-order valence-electron chi connectivity index (χ1n) is 11.9. The van der Waals surface area contributed by atoms with Crippen LogP contribution in [0, 0.1) is 17.2 Å². The van der Waals surface area contributed by atoms with Crippen LogP contribution in [0.4, 0.5) is 20.6 Å². The Balaban J connectivity index is 1.76. The minimum atomic E-state index is -0.942. The first-order valence-corrected chi connectivity index (χ1v) is 11.9. The summed E-state index contributed by atoms with van der Waals surface area (Å²) in [5.74, 6) is -1.28. The number of amides is 4. The predicted octanol–water partition coefficient (Wildman–Crippen LogP) is 3.10. The summed E-state index contributed by atoms with van der Waals surface area (Å²) in [7, 11) is 0. The number of nitrogens with one attached hydrogen (secondary N) is 3. The summed E-state index contributed by atoms with van der Waals surface area (Å²) in [6.45, 7) is 7.20. The summed E-state index contributed by atoms with van der Waals surface area (Å²) in [4.78, 5) is 41.8. The summed E-state index contributed by atoms with van der Waals surface area (Å²) >= 11 is 0. The van der Waals surface area contributed by atoms with Gasteiger partial charge >= 0.3 is 6.03 Å². The van der Waals surface area contributed by atoms with E-state index >= 15 is 0 Å². The number of anilines is 2. The van der Waals surface area contributed by atoms with Gasteiger partial charge in [-0.15, -0.1) is 0 Å². The zero-order valence-corrected chi connectivity index (χ0v) is 20.2. The van der Waals surface area contributed by atoms with E-state index in [0.717, 1.165) is 50.9 Å². The van der Waals surface area contributed by atoms with E-state index in [4.69, 9.17) is 5.21 Å². The van der Waals surface area contributed by atoms with Gasteiger partial charge in [-0.2, -0.15) is 0 Å². The number of rotatable bonds is 8. The number of hydroxylamine groups is 1. The Hall–Kier alpha value is -2.88. The fourth-order valence-electron chi connectivity index (χ4n) is 4.39. The van der Waals surface area contributed by atoms with Crippen molar-refractivity contribution in [2.24, 2.45) is 11.3 Å². The number of nitrogens with zero attached hydrogens (tertiary/aromatic N) is 2. The number of carbonyl (C=O) groups excluding carboxylic acids is 3. The van der Waals surface area contributed by atoms with Crippen LogP contribution in [0.25, 0.3) is 0 Å². The second-order valence-corrected chi connectivity index (χ2v) is 10.3. The van der Waals surface area contributed by atoms with Gasteiger partial charge in [0.2, 0.25) is 5.91 Å². The molecule has 2 aliphatic rings. The summed E-state index contributed by atoms with van der Waals surface area (Å²) in [6, 6.07) is 2.71. The van der Waals surface area contributed by atoms with E-state index in [1.807, 2.05) is 20.8 Å². The lowest BCUT2D eigenvalue weighted by molar-refractivity contribution is -0.143. The second kappa shape index (κ2) is 11.0. The highest BCUT2D eigenvalue weighted by Crippen LogP contribution is 2.31. The van der Waals surface area contributed by atoms with Gasteiger partial charge in [0.25, 0.3) is 5.91 Å². The van der Waals surface area contributed by atoms with Crippen LogP contribution in [-0.4, -0.2) is 60.2 Å². The first kappa shape index (κ1) is 25.7. The Bertz CT molecular complexity index is 894. The largest absolute Gasteiger partial charge is 0.370 e. The van der Waals surface area contributed by atoms with Gasteiger partial charge in [0.1, 0.15) is 18.4 Å². The molecule has 0 bridgehead atoms. The van der Waals surface area contributed by atoms with Gasteiger partial charge < -0.3 is 20.4 Å². The maximum absolute atomic E-state index is 14.0. The molecule has 1 unspecified atom stereocenters. The number of urea groups is 1. The van der Waals surface area contributed by atoms with E-state index in [0.29, 0.717) is 18.2 Å². The molecule has 1 saturated heterocycles. The smallest absolute Gasteiger partial charge is 0.319 e. The van der Waals surface area contributed by atoms with Crippen molar-refractivity contribution in [1.82, 2.24) is 15.7 Å². The van der Waals surface area contributed by atoms with Crippen LogP contribution in [0.15, 0.2) is 18.2 Å². The Morgan fingerprint density at radius 1 is 1.18 bits per heavy atom. The lowest BCUT2D eigenvalue weighted by Gasteiger charge is -2.37. The Morgan fingerprint density at radius 2 is 1.85 bits per heavy atom. The summed E-state index contributed by atoms with van der Waals surface area (Å²) in [6.07, 6.45) is 5.08. The minimum Gasteiger partial charge on any atom is -0.370 e. The maximum Gasteiger partial charge on any atom is 0.319 e. The zero-order chi connectivity index (χ0) is 24.9. The summed E-state index contributed by atoms with van der Waals surface area (Å²) < 4.78 is 14.0. The van der Waals surface area contributed by atoms with Gasteiger partial charge in [-0.05, 0) is 55.2 Å². The molecule has 10 heteroatoms. The first-order chi connectivity index (χ1) is 16.1. The third-order valence-electron chi connectivity index (χ3n) is 6.52. The Labute approximate surface area is 200 Å². The van der Waals surface area contributed by atoms with Gasteiger partial charge in [0.05, 0.1) is 11.4 Å². The molecule has 1 aromatic carbocycles. The molecule has 4 N–H and O–H groups in total. The highest BCUT2D eigenvalue weighted by atomic mass is 19.1. The lowest BCUT2D eigenvalue weighted by atomic mass is 9.83. The molecule has 34 heavy (non-hydrogen) atoms. The second-order valence-electron chi connectivity index (χ2n) is 10.3. The summed E-state index contributed by atoms with van der Waals surface area (Å²) in [5.41, 5.74) is 1.98. The highest BCUT2D eigenvalue weighted by molar-refractivity contribution is 5.97. The van der Waals surface area contributed by atoms with Gasteiger partial charge in [-0.25, -0.2) is 14.7 Å². The van der Waals surface area contributed by atoms with E-state index < -0.39 is 35.1 Å². The molecular weight excluding hydrogens is 441 g/mol. The molecule has 4 amide bonds. The monoisotopic (exact) mass is 477 g/mol. The highest BCUT2D eigenvalue weighted by Gasteiger charge is 2.37. The van der Waals surface area contributed by atoms with Crippen molar-refractivity contribution in [2.75, 3.05) is 36.4 Å². The van der Waals surface area contributed by atoms with E-state index in [9.17, 15) is 18.8 Å². The van der Waals surface area contributed by atoms with Crippen molar-refractivity contribution in [1.29, 1.82) is 0 Å². The molecule has 2 fully saturated rings. The van der Waals surface area contributed by atoms with Crippen molar-refractivity contribution in [3.8, 4) is 0 Å². The molecule has 1 atom stereocenters. The number of hydrogen-bond acceptors (Lipinski definition) is 5. The van der Waals surface area contributed by atoms with E-state index in [2.05, 4.69) is 15.5 Å². The van der Waals surface area contributed by atoms with E-state index in [1.165, 1.54) is 17.0 Å². The van der Waals surface area contributed by atoms with Crippen LogP contribution in [0.5, 0.6) is 0 Å². The molecule has 1 aliphatic heterocycles. The fourth-order valence-corrected chi connectivity index (χ4v) is 4.39. The van der Waals surface area contributed by atoms with Crippen LogP contribution < -0.4 is 21.0 Å². The lowest BCUT2D eigenvalue weighted by Crippen LogP contribution is -2.57. The number of benzene rings is 1. The number of hydrogen-bond donors (Lipinski definition) is 4. The molecule has 1 saturated carbocycles. The Kier molecular flexibility index (Phi) is 8.35. The van der Waals surface area contributed by atoms with Crippen molar-refractivity contribution in [3.63, 3.8) is 0 Å². The average molecular weight is 478 g/mol. The molecule has 0 spiro atoms. The quantitative estimate of drug-likeness (QED) is 0.339. The molecule has 1 heterocycles. The van der Waals surface area contributed by atoms with Crippen LogP contribution in [-0.2, 0) is 9.59 Å². The minimum absolute atomic E-state index is 0.292. The molecule has 1 aromatic rings. The fraction of sp³-hybridized carbons (Fsp3) is 0.625. The molecule has 3 rings (SSSR count). The third-order valence-corrected chi connectivity index (χ3v) is 6.52. The molecule has 188 valence electrons. The van der Waals surface area contributed by atoms with Crippen molar-refractivity contribution >= 4 is 29.2 Å². The molecular formula is C24H36FN5O4. The normalized spacial score (nSPS) is 17.0. The molecule has 1 aliphatic carbocycles. The van der Waals surface area contributed by atoms with E-state index in [-0.39, 0.29) is 6.54 Å². The maximum atomic E-state index is 14.0. The number of carbonyl (C=O) groups is 3. The van der Waals surface area contributed by atoms with E-state index in [1.54, 1.807) is 11.5 Å². The van der Waals surface area contributed by atoms with Gasteiger partial charge in [-0.3, -0.25) is 14.8 Å². The topological polar surface area (TPSA) is 114 Å². The summed E-state index contributed by atoms with van der Waals surface area (Å²) in [5, 5.41) is 14.4. The van der Waals surface area contributed by atoms with Crippen LogP contribution >= 0.6 is 0 Å². The van der Waals surface area contributed by atoms with Crippen LogP contribution in [0.2, 0.25) is 0 Å². The molecule has 0 radical (unpaired) electrons. The number of halogens is 1. The van der Waals surface area contributed by atoms with Gasteiger partial charge in [0.15, 0.2) is 0 Å². The predicted molar refractivity (Wildman–Crippen MR) is 127 cm³/mol. The van der Waals surface area contributed by atoms with Gasteiger partial charge in [-0.1, -0.05) is 27.2 Å². The molecule has 9 nitrogen and oxygen atoms in total. The van der Waals surface area contributed by atoms with Crippen molar-refractivity contribution in [2.45, 2.75) is 58.9 Å². The standard InChI is InChI=1S/C24H36FN5O4/c1-24(2,3)21(22(32)30(15-20(31)28-34)14-16-7-6-8-16)27-23(33)26-18-13-17(25)9-10-19(18)29-11-4-5-12-29/h9-10,13,16,21,34H,4-8,11-12,14-15H2,1-3H3,(H,28,31)(H2,26,27,33). The molecule has 0 aromatic heterocycles. The van der Waals surface area contributed by atoms with Crippen LogP contribution in [0.1, 0.15) is 52.9 Å². The van der Waals surface area contributed by atoms with Crippen molar-refractivity contribution < 1.29 is 24.0 Å². The Morgan fingerprint density at radius 3 is 2.41 bits per heavy atom. The van der Waals surface area contributed by atoms with Crippen molar-refractivity contribution in [3.05, 3.63) is 24.0 Å². The zero-order valence-electron chi connectivity index (χ0n) is 20.2. The average Bonchev–Trinajstić information content (AvgIpc) is 3.26. The van der Waals surface area contributed by atoms with Crippen LogP contribution in [0.3, 0.4) is 0 Å². The SMILES string of the molecule is CC(C)(C)C(NC(=O)Nc1cc(F)ccc1N1CCCC1)C(=O)N(CC(=O)NO)CC1CCC1. The van der Waals surface area contributed by atoms with Gasteiger partial charge in [0, 0.05) is 19.6 Å².